The van der Waals surface area contributed by atoms with Crippen LogP contribution in [-0.4, -0.2) is 59.3 Å². The van der Waals surface area contributed by atoms with E-state index in [1.54, 1.807) is 0 Å². The van der Waals surface area contributed by atoms with Crippen molar-refractivity contribution < 1.29 is 35.6 Å². The average molecular weight is 581 g/mol. The van der Waals surface area contributed by atoms with Gasteiger partial charge in [-0.25, -0.2) is 37.1 Å². The van der Waals surface area contributed by atoms with E-state index in [1.165, 1.54) is 38.7 Å². The number of hydrogen-bond acceptors (Lipinski definition) is 10. The zero-order chi connectivity index (χ0) is 26.1. The van der Waals surface area contributed by atoms with Crippen LogP contribution in [0.15, 0.2) is 38.8 Å². The van der Waals surface area contributed by atoms with Crippen LogP contribution in [0.1, 0.15) is 27.7 Å². The molecular formula is C18H26BBrN4O8S2. The van der Waals surface area contributed by atoms with E-state index < -0.39 is 38.4 Å². The van der Waals surface area contributed by atoms with Crippen LogP contribution in [0, 0.1) is 0 Å². The topological polar surface area (TPSA) is 183 Å². The van der Waals surface area contributed by atoms with Crippen LogP contribution in [0.5, 0.6) is 11.8 Å². The van der Waals surface area contributed by atoms with Crippen molar-refractivity contribution in [1.29, 1.82) is 0 Å². The molecule has 2 aromatic heterocycles. The second kappa shape index (κ2) is 10.0. The fraction of sp³-hybridized carbons (Fsp3) is 0.444. The number of hydrogen-bond donors (Lipinski definition) is 2. The molecule has 0 aliphatic carbocycles. The number of rotatable bonds is 5. The Morgan fingerprint density at radius 3 is 1.68 bits per heavy atom. The van der Waals surface area contributed by atoms with Gasteiger partial charge in [0.25, 0.3) is 0 Å². The molecule has 0 saturated carbocycles. The lowest BCUT2D eigenvalue weighted by Gasteiger charge is -2.32. The maximum absolute atomic E-state index is 11.6. The molecule has 0 amide bonds. The summed E-state index contributed by atoms with van der Waals surface area (Å²) in [5.41, 5.74) is -0.586. The van der Waals surface area contributed by atoms with Gasteiger partial charge >= 0.3 is 7.12 Å². The molecule has 1 fully saturated rings. The predicted molar refractivity (Wildman–Crippen MR) is 128 cm³/mol. The van der Waals surface area contributed by atoms with E-state index in [1.807, 2.05) is 27.7 Å². The van der Waals surface area contributed by atoms with Crippen LogP contribution in [0.4, 0.5) is 0 Å². The number of aromatic nitrogens is 2. The highest BCUT2D eigenvalue weighted by Crippen LogP contribution is 2.36. The summed E-state index contributed by atoms with van der Waals surface area (Å²) < 4.78 is 67.1. The molecule has 0 atom stereocenters. The lowest BCUT2D eigenvalue weighted by molar-refractivity contribution is 0.00578. The molecule has 1 aliphatic rings. The van der Waals surface area contributed by atoms with Crippen LogP contribution in [0.3, 0.4) is 0 Å². The van der Waals surface area contributed by atoms with Gasteiger partial charge in [0.2, 0.25) is 31.8 Å². The molecule has 12 nitrogen and oxygen atoms in total. The molecule has 3 heterocycles. The van der Waals surface area contributed by atoms with Crippen molar-refractivity contribution in [1.82, 2.24) is 9.97 Å². The largest absolute Gasteiger partial charge is 0.496 e. The first-order chi connectivity index (χ1) is 15.4. The van der Waals surface area contributed by atoms with Crippen molar-refractivity contribution in [3.05, 3.63) is 29.0 Å². The average Bonchev–Trinajstić information content (AvgIpc) is 2.93. The van der Waals surface area contributed by atoms with E-state index in [4.69, 9.17) is 29.1 Å². The summed E-state index contributed by atoms with van der Waals surface area (Å²) in [5.74, 6) is -0.0662. The van der Waals surface area contributed by atoms with Crippen LogP contribution in [0.25, 0.3) is 0 Å². The summed E-state index contributed by atoms with van der Waals surface area (Å²) in [6, 6.07) is 2.70. The Labute approximate surface area is 207 Å². The molecule has 0 unspecified atom stereocenters. The number of primary sulfonamides is 2. The SMILES string of the molecule is COc1ncc(B2OC(C)(C)C(C)(C)O2)cc1S(N)(=O)=O.COc1ncc(Br)cc1S(N)(=O)=O. The van der Waals surface area contributed by atoms with E-state index in [0.29, 0.717) is 9.94 Å². The Balaban J connectivity index is 0.000000270. The zero-order valence-corrected chi connectivity index (χ0v) is 22.6. The maximum Gasteiger partial charge on any atom is 0.496 e. The molecule has 0 bridgehead atoms. The fourth-order valence-electron chi connectivity index (χ4n) is 2.68. The third-order valence-corrected chi connectivity index (χ3v) is 7.39. The summed E-state index contributed by atoms with van der Waals surface area (Å²) in [6.45, 7) is 7.63. The molecule has 1 aliphatic heterocycles. The van der Waals surface area contributed by atoms with Crippen molar-refractivity contribution in [2.45, 2.75) is 48.7 Å². The maximum atomic E-state index is 11.6. The van der Waals surface area contributed by atoms with Crippen molar-refractivity contribution >= 4 is 48.6 Å². The fourth-order valence-corrected chi connectivity index (χ4v) is 4.51. The van der Waals surface area contributed by atoms with Gasteiger partial charge in [-0.15, -0.1) is 0 Å². The third kappa shape index (κ3) is 6.44. The normalized spacial score (nSPS) is 17.0. The minimum absolute atomic E-state index is 0.00861. The first-order valence-electron chi connectivity index (χ1n) is 9.57. The molecule has 0 spiro atoms. The van der Waals surface area contributed by atoms with E-state index in [2.05, 4.69) is 25.9 Å². The minimum atomic E-state index is -3.95. The molecule has 1 saturated heterocycles. The standard InChI is InChI=1S/C12H19BN2O5S.C6H7BrN2O3S/c1-11(2)12(3,4)20-13(19-11)8-6-9(21(14,16)17)10(18-5)15-7-8;1-12-6-5(13(8,10)11)2-4(7)3-9-6/h6-7H,1-5H3,(H2,14,16,17);2-3H,1H3,(H2,8,10,11). The van der Waals surface area contributed by atoms with E-state index in [-0.39, 0.29) is 21.6 Å². The number of methoxy groups -OCH3 is 2. The second-order valence-electron chi connectivity index (χ2n) is 8.12. The predicted octanol–water partition coefficient (Wildman–Crippen LogP) is 0.537. The number of sulfonamides is 2. The first-order valence-corrected chi connectivity index (χ1v) is 13.5. The van der Waals surface area contributed by atoms with Crippen LogP contribution < -0.4 is 25.2 Å². The number of halogens is 1. The monoisotopic (exact) mass is 580 g/mol. The van der Waals surface area contributed by atoms with Crippen molar-refractivity contribution in [2.75, 3.05) is 14.2 Å². The molecule has 4 N–H and O–H groups in total. The highest BCUT2D eigenvalue weighted by molar-refractivity contribution is 9.10. The van der Waals surface area contributed by atoms with Gasteiger partial charge in [-0.1, -0.05) is 0 Å². The van der Waals surface area contributed by atoms with Gasteiger partial charge in [-0.3, -0.25) is 0 Å². The molecular weight excluding hydrogens is 555 g/mol. The molecule has 3 rings (SSSR count). The number of pyridine rings is 2. The van der Waals surface area contributed by atoms with Gasteiger partial charge in [-0.2, -0.15) is 0 Å². The van der Waals surface area contributed by atoms with Gasteiger partial charge < -0.3 is 18.8 Å². The van der Waals surface area contributed by atoms with Crippen molar-refractivity contribution in [3.63, 3.8) is 0 Å². The van der Waals surface area contributed by atoms with Crippen molar-refractivity contribution in [2.24, 2.45) is 10.3 Å². The molecule has 2 aromatic rings. The van der Waals surface area contributed by atoms with E-state index >= 15 is 0 Å². The number of nitrogens with two attached hydrogens (primary N) is 2. The lowest BCUT2D eigenvalue weighted by atomic mass is 9.80. The van der Waals surface area contributed by atoms with Gasteiger partial charge in [0.15, 0.2) is 0 Å². The molecule has 34 heavy (non-hydrogen) atoms. The summed E-state index contributed by atoms with van der Waals surface area (Å²) in [6.07, 6.45) is 2.88. The highest BCUT2D eigenvalue weighted by Gasteiger charge is 2.52. The number of ether oxygens (including phenoxy) is 2. The summed E-state index contributed by atoms with van der Waals surface area (Å²) in [5, 5.41) is 10.1. The van der Waals surface area contributed by atoms with Crippen LogP contribution in [-0.2, 0) is 29.4 Å². The second-order valence-corrected chi connectivity index (χ2v) is 12.1. The zero-order valence-electron chi connectivity index (χ0n) is 19.4. The lowest BCUT2D eigenvalue weighted by Crippen LogP contribution is -2.41. The van der Waals surface area contributed by atoms with Gasteiger partial charge in [0.1, 0.15) is 9.79 Å². The summed E-state index contributed by atoms with van der Waals surface area (Å²) in [7, 11) is -5.80. The van der Waals surface area contributed by atoms with Gasteiger partial charge in [-0.05, 0) is 55.8 Å². The van der Waals surface area contributed by atoms with Gasteiger partial charge in [0.05, 0.1) is 25.4 Å². The van der Waals surface area contributed by atoms with E-state index in [9.17, 15) is 16.8 Å². The molecule has 0 radical (unpaired) electrons. The molecule has 16 heteroatoms. The smallest absolute Gasteiger partial charge is 0.480 e. The molecule has 188 valence electrons. The Bertz CT molecular complexity index is 1260. The Hall–Kier alpha value is -1.82. The van der Waals surface area contributed by atoms with Crippen LogP contribution >= 0.6 is 15.9 Å². The Morgan fingerprint density at radius 2 is 1.26 bits per heavy atom. The van der Waals surface area contributed by atoms with Crippen LogP contribution in [0.2, 0.25) is 0 Å². The minimum Gasteiger partial charge on any atom is -0.480 e. The number of nitrogens with zero attached hydrogens (tertiary/aromatic N) is 2. The summed E-state index contributed by atoms with van der Waals surface area (Å²) in [4.78, 5) is 7.37. The van der Waals surface area contributed by atoms with Gasteiger partial charge in [0, 0.05) is 22.3 Å². The quantitative estimate of drug-likeness (QED) is 0.473. The molecule has 0 aromatic carbocycles. The summed E-state index contributed by atoms with van der Waals surface area (Å²) >= 11 is 3.08. The highest BCUT2D eigenvalue weighted by atomic mass is 79.9. The Morgan fingerprint density at radius 1 is 0.853 bits per heavy atom. The first kappa shape index (κ1) is 28.4. The van der Waals surface area contributed by atoms with Crippen molar-refractivity contribution in [3.8, 4) is 11.8 Å². The third-order valence-electron chi connectivity index (χ3n) is 5.15. The van der Waals surface area contributed by atoms with E-state index in [0.717, 1.165) is 0 Å². The Kier molecular flexibility index (Phi) is 8.40.